The standard InChI is InChI=1S/C12H14ClNS/c1-7-3-4-12(15-7)9-5-10(13)8(2)11(14)6-9/h3,5-6,12H,4,14H2,1-2H3. The second-order valence-electron chi connectivity index (χ2n) is 3.87. The average Bonchev–Trinajstić information content (AvgIpc) is 2.60. The van der Waals surface area contributed by atoms with Gasteiger partial charge in [-0.1, -0.05) is 17.7 Å². The highest BCUT2D eigenvalue weighted by Crippen LogP contribution is 2.44. The molecule has 0 saturated carbocycles. The van der Waals surface area contributed by atoms with Crippen molar-refractivity contribution < 1.29 is 0 Å². The van der Waals surface area contributed by atoms with Gasteiger partial charge in [0.25, 0.3) is 0 Å². The number of nitrogen functional groups attached to an aromatic ring is 1. The Balaban J connectivity index is 2.31. The molecule has 1 aliphatic heterocycles. The van der Waals surface area contributed by atoms with Crippen LogP contribution in [0, 0.1) is 6.92 Å². The molecule has 1 heterocycles. The Morgan fingerprint density at radius 2 is 2.13 bits per heavy atom. The van der Waals surface area contributed by atoms with Gasteiger partial charge in [0, 0.05) is 16.0 Å². The summed E-state index contributed by atoms with van der Waals surface area (Å²) in [4.78, 5) is 1.38. The van der Waals surface area contributed by atoms with Crippen molar-refractivity contribution >= 4 is 29.1 Å². The topological polar surface area (TPSA) is 26.0 Å². The van der Waals surface area contributed by atoms with Crippen molar-refractivity contribution in [3.63, 3.8) is 0 Å². The molecule has 0 bridgehead atoms. The molecular weight excluding hydrogens is 226 g/mol. The fraction of sp³-hybridized carbons (Fsp3) is 0.333. The lowest BCUT2D eigenvalue weighted by Crippen LogP contribution is -1.96. The minimum atomic E-state index is 0.491. The number of benzene rings is 1. The molecule has 1 nitrogen and oxygen atoms in total. The van der Waals surface area contributed by atoms with Crippen LogP contribution in [0.2, 0.25) is 5.02 Å². The highest BCUT2D eigenvalue weighted by molar-refractivity contribution is 8.03. The number of thioether (sulfide) groups is 1. The molecule has 0 fully saturated rings. The third-order valence-electron chi connectivity index (χ3n) is 2.73. The number of rotatable bonds is 1. The molecule has 2 N–H and O–H groups in total. The SMILES string of the molecule is CC1=CCC(c2cc(N)c(C)c(Cl)c2)S1. The summed E-state index contributed by atoms with van der Waals surface area (Å²) in [7, 11) is 0. The van der Waals surface area contributed by atoms with E-state index in [1.165, 1.54) is 10.5 Å². The van der Waals surface area contributed by atoms with Crippen LogP contribution in [0.1, 0.15) is 29.7 Å². The summed E-state index contributed by atoms with van der Waals surface area (Å²) in [6, 6.07) is 4.09. The van der Waals surface area contributed by atoms with E-state index in [-0.39, 0.29) is 0 Å². The molecule has 0 amide bonds. The van der Waals surface area contributed by atoms with Gasteiger partial charge in [0.15, 0.2) is 0 Å². The molecule has 1 atom stereocenters. The smallest absolute Gasteiger partial charge is 0.0458 e. The molecule has 0 aromatic heterocycles. The first-order valence-corrected chi connectivity index (χ1v) is 6.22. The Labute approximate surface area is 99.7 Å². The zero-order valence-corrected chi connectivity index (χ0v) is 10.5. The molecule has 0 aliphatic carbocycles. The van der Waals surface area contributed by atoms with Crippen molar-refractivity contribution in [2.75, 3.05) is 5.73 Å². The van der Waals surface area contributed by atoms with Crippen LogP contribution in [0.5, 0.6) is 0 Å². The first-order valence-electron chi connectivity index (χ1n) is 4.97. The molecule has 0 radical (unpaired) electrons. The van der Waals surface area contributed by atoms with Crippen LogP contribution in [0.4, 0.5) is 5.69 Å². The van der Waals surface area contributed by atoms with Crippen molar-refractivity contribution in [1.82, 2.24) is 0 Å². The maximum Gasteiger partial charge on any atom is 0.0458 e. The molecule has 1 aromatic rings. The van der Waals surface area contributed by atoms with Gasteiger partial charge < -0.3 is 5.73 Å². The lowest BCUT2D eigenvalue weighted by atomic mass is 10.1. The van der Waals surface area contributed by atoms with Crippen LogP contribution < -0.4 is 5.73 Å². The molecule has 1 unspecified atom stereocenters. The number of hydrogen-bond acceptors (Lipinski definition) is 2. The summed E-state index contributed by atoms with van der Waals surface area (Å²) in [6.07, 6.45) is 3.34. The summed E-state index contributed by atoms with van der Waals surface area (Å²) in [5.74, 6) is 0. The number of allylic oxidation sites excluding steroid dienone is 2. The molecule has 15 heavy (non-hydrogen) atoms. The van der Waals surface area contributed by atoms with Crippen LogP contribution in [-0.4, -0.2) is 0 Å². The molecule has 0 spiro atoms. The van der Waals surface area contributed by atoms with Gasteiger partial charge in [0.1, 0.15) is 0 Å². The molecular formula is C12H14ClNS. The third-order valence-corrected chi connectivity index (χ3v) is 4.41. The number of nitrogens with two attached hydrogens (primary N) is 1. The Hall–Kier alpha value is -0.600. The van der Waals surface area contributed by atoms with Crippen LogP contribution in [0.25, 0.3) is 0 Å². The first kappa shape index (κ1) is 10.9. The lowest BCUT2D eigenvalue weighted by molar-refractivity contribution is 0.989. The second kappa shape index (κ2) is 4.11. The van der Waals surface area contributed by atoms with Gasteiger partial charge in [-0.15, -0.1) is 11.8 Å². The van der Waals surface area contributed by atoms with E-state index >= 15 is 0 Å². The van der Waals surface area contributed by atoms with Gasteiger partial charge in [-0.2, -0.15) is 0 Å². The van der Waals surface area contributed by atoms with E-state index in [2.05, 4.69) is 13.0 Å². The predicted molar refractivity (Wildman–Crippen MR) is 69.3 cm³/mol. The summed E-state index contributed by atoms with van der Waals surface area (Å²) < 4.78 is 0. The predicted octanol–water partition coefficient (Wildman–Crippen LogP) is 4.31. The first-order chi connectivity index (χ1) is 7.08. The van der Waals surface area contributed by atoms with Gasteiger partial charge in [-0.3, -0.25) is 0 Å². The van der Waals surface area contributed by atoms with E-state index < -0.39 is 0 Å². The van der Waals surface area contributed by atoms with Crippen LogP contribution >= 0.6 is 23.4 Å². The van der Waals surface area contributed by atoms with Gasteiger partial charge in [-0.25, -0.2) is 0 Å². The van der Waals surface area contributed by atoms with Crippen molar-refractivity contribution in [3.8, 4) is 0 Å². The minimum absolute atomic E-state index is 0.491. The van der Waals surface area contributed by atoms with Crippen LogP contribution in [0.15, 0.2) is 23.1 Å². The van der Waals surface area contributed by atoms with E-state index in [1.54, 1.807) is 0 Å². The maximum atomic E-state index is 6.13. The van der Waals surface area contributed by atoms with Gasteiger partial charge >= 0.3 is 0 Å². The fourth-order valence-electron chi connectivity index (χ4n) is 1.71. The summed E-state index contributed by atoms with van der Waals surface area (Å²) >= 11 is 8.02. The highest BCUT2D eigenvalue weighted by Gasteiger charge is 2.18. The minimum Gasteiger partial charge on any atom is -0.398 e. The molecule has 1 aromatic carbocycles. The molecule has 3 heteroatoms. The zero-order chi connectivity index (χ0) is 11.0. The van der Waals surface area contributed by atoms with Gasteiger partial charge in [0.2, 0.25) is 0 Å². The molecule has 80 valence electrons. The maximum absolute atomic E-state index is 6.13. The van der Waals surface area contributed by atoms with Crippen molar-refractivity contribution in [1.29, 1.82) is 0 Å². The van der Waals surface area contributed by atoms with Crippen LogP contribution in [0.3, 0.4) is 0 Å². The Kier molecular flexibility index (Phi) is 2.98. The van der Waals surface area contributed by atoms with E-state index in [0.717, 1.165) is 22.7 Å². The average molecular weight is 240 g/mol. The molecule has 2 rings (SSSR count). The van der Waals surface area contributed by atoms with E-state index in [9.17, 15) is 0 Å². The second-order valence-corrected chi connectivity index (χ2v) is 5.73. The third kappa shape index (κ3) is 2.16. The number of hydrogen-bond donors (Lipinski definition) is 1. The lowest BCUT2D eigenvalue weighted by Gasteiger charge is -2.13. The Morgan fingerprint density at radius 1 is 1.40 bits per heavy atom. The Bertz CT molecular complexity index is 403. The quantitative estimate of drug-likeness (QED) is 0.739. The number of anilines is 1. The summed E-state index contributed by atoms with van der Waals surface area (Å²) in [5, 5.41) is 1.26. The molecule has 1 aliphatic rings. The van der Waals surface area contributed by atoms with E-state index in [4.69, 9.17) is 17.3 Å². The summed E-state index contributed by atoms with van der Waals surface area (Å²) in [6.45, 7) is 4.09. The van der Waals surface area contributed by atoms with E-state index in [0.29, 0.717) is 5.25 Å². The normalized spacial score (nSPS) is 20.5. The zero-order valence-electron chi connectivity index (χ0n) is 8.88. The van der Waals surface area contributed by atoms with Crippen molar-refractivity contribution in [2.45, 2.75) is 25.5 Å². The monoisotopic (exact) mass is 239 g/mol. The van der Waals surface area contributed by atoms with Gasteiger partial charge in [0.05, 0.1) is 0 Å². The Morgan fingerprint density at radius 3 is 2.67 bits per heavy atom. The largest absolute Gasteiger partial charge is 0.398 e. The highest BCUT2D eigenvalue weighted by atomic mass is 35.5. The summed E-state index contributed by atoms with van der Waals surface area (Å²) in [5.41, 5.74) is 8.92. The fourth-order valence-corrected chi connectivity index (χ4v) is 3.05. The van der Waals surface area contributed by atoms with Crippen molar-refractivity contribution in [3.05, 3.63) is 39.3 Å². The molecule has 0 saturated heterocycles. The number of halogens is 1. The van der Waals surface area contributed by atoms with Gasteiger partial charge in [-0.05, 0) is 48.4 Å². The van der Waals surface area contributed by atoms with E-state index in [1.807, 2.05) is 30.8 Å². The van der Waals surface area contributed by atoms with Crippen LogP contribution in [-0.2, 0) is 0 Å². The van der Waals surface area contributed by atoms with Crippen molar-refractivity contribution in [2.24, 2.45) is 0 Å².